The quantitative estimate of drug-likeness (QED) is 0.409. The molecule has 2 aromatic carbocycles. The lowest BCUT2D eigenvalue weighted by Gasteiger charge is -2.09. The van der Waals surface area contributed by atoms with Crippen LogP contribution in [0.3, 0.4) is 0 Å². The van der Waals surface area contributed by atoms with Crippen LogP contribution >= 0.6 is 23.4 Å². The Morgan fingerprint density at radius 3 is 2.56 bits per heavy atom. The molecule has 0 unspecified atom stereocenters. The number of benzene rings is 2. The first-order chi connectivity index (χ1) is 15.1. The van der Waals surface area contributed by atoms with Gasteiger partial charge in [-0.05, 0) is 79.2 Å². The third-order valence-electron chi connectivity index (χ3n) is 4.83. The zero-order valence-electron chi connectivity index (χ0n) is 16.9. The molecule has 1 amide bonds. The summed E-state index contributed by atoms with van der Waals surface area (Å²) < 4.78 is 44.7. The van der Waals surface area contributed by atoms with Crippen molar-refractivity contribution >= 4 is 46.2 Å². The number of carbonyl (C=O) groups is 1. The van der Waals surface area contributed by atoms with Crippen molar-refractivity contribution in [2.24, 2.45) is 4.99 Å². The van der Waals surface area contributed by atoms with E-state index in [-0.39, 0.29) is 22.3 Å². The van der Waals surface area contributed by atoms with Crippen LogP contribution in [0.25, 0.3) is 17.4 Å². The van der Waals surface area contributed by atoms with Crippen LogP contribution in [0, 0.1) is 13.8 Å². The summed E-state index contributed by atoms with van der Waals surface area (Å²) >= 11 is 7.22. The van der Waals surface area contributed by atoms with Crippen LogP contribution in [0.15, 0.2) is 62.8 Å². The lowest BCUT2D eigenvalue weighted by molar-refractivity contribution is -0.137. The molecule has 1 aliphatic rings. The van der Waals surface area contributed by atoms with E-state index in [1.54, 1.807) is 6.07 Å². The maximum Gasteiger partial charge on any atom is 0.416 e. The maximum atomic E-state index is 13.0. The predicted molar refractivity (Wildman–Crippen MR) is 121 cm³/mol. The minimum absolute atomic E-state index is 0.117. The largest absolute Gasteiger partial charge is 0.457 e. The van der Waals surface area contributed by atoms with E-state index in [9.17, 15) is 18.0 Å². The molecule has 32 heavy (non-hydrogen) atoms. The Hall–Kier alpha value is -2.97. The summed E-state index contributed by atoms with van der Waals surface area (Å²) in [6.07, 6.45) is -2.99. The Morgan fingerprint density at radius 1 is 1.06 bits per heavy atom. The molecular weight excluding hydrogens is 461 g/mol. The summed E-state index contributed by atoms with van der Waals surface area (Å²) in [7, 11) is 0. The second-order valence-corrected chi connectivity index (χ2v) is 8.58. The standard InChI is InChI=1S/C23H16ClF3N2O2S/c1-12-3-5-15(9-13(12)2)28-22-29-21(30)20(32-22)11-16-6-8-19(31-16)17-10-14(23(25,26)27)4-7-18(17)24/h3-11H,1-2H3,(H,28,29,30)/b20-11+. The average Bonchev–Trinajstić information content (AvgIpc) is 3.31. The first kappa shape index (κ1) is 22.2. The normalized spacial score (nSPS) is 16.8. The van der Waals surface area contributed by atoms with Crippen LogP contribution in [-0.4, -0.2) is 11.1 Å². The van der Waals surface area contributed by atoms with Gasteiger partial charge in [-0.1, -0.05) is 17.7 Å². The van der Waals surface area contributed by atoms with E-state index in [1.807, 2.05) is 32.0 Å². The van der Waals surface area contributed by atoms with Gasteiger partial charge in [0.05, 0.1) is 21.2 Å². The number of amidine groups is 1. The van der Waals surface area contributed by atoms with Crippen molar-refractivity contribution in [3.63, 3.8) is 0 Å². The van der Waals surface area contributed by atoms with Gasteiger partial charge in [-0.25, -0.2) is 4.99 Å². The number of carbonyl (C=O) groups excluding carboxylic acids is 1. The van der Waals surface area contributed by atoms with Crippen LogP contribution in [0.4, 0.5) is 18.9 Å². The molecule has 3 aromatic rings. The summed E-state index contributed by atoms with van der Waals surface area (Å²) in [4.78, 5) is 17.1. The van der Waals surface area contributed by atoms with E-state index in [0.29, 0.717) is 15.8 Å². The second kappa shape index (κ2) is 8.52. The molecule has 0 aliphatic carbocycles. The van der Waals surface area contributed by atoms with Gasteiger partial charge in [-0.15, -0.1) is 0 Å². The third kappa shape index (κ3) is 4.76. The third-order valence-corrected chi connectivity index (χ3v) is 6.07. The molecule has 0 spiro atoms. The van der Waals surface area contributed by atoms with E-state index in [1.165, 1.54) is 18.2 Å². The van der Waals surface area contributed by atoms with Crippen LogP contribution in [-0.2, 0) is 11.0 Å². The Balaban J connectivity index is 1.58. The van der Waals surface area contributed by atoms with E-state index in [4.69, 9.17) is 16.0 Å². The highest BCUT2D eigenvalue weighted by Crippen LogP contribution is 2.37. The summed E-state index contributed by atoms with van der Waals surface area (Å²) in [6, 6.07) is 11.8. The molecule has 1 aromatic heterocycles. The maximum absolute atomic E-state index is 13.0. The van der Waals surface area contributed by atoms with E-state index in [2.05, 4.69) is 10.3 Å². The number of nitrogens with zero attached hydrogens (tertiary/aromatic N) is 1. The molecular formula is C23H16ClF3N2O2S. The summed E-state index contributed by atoms with van der Waals surface area (Å²) in [6.45, 7) is 3.99. The Morgan fingerprint density at radius 2 is 1.84 bits per heavy atom. The number of thioether (sulfide) groups is 1. The van der Waals surface area contributed by atoms with Crippen molar-refractivity contribution in [1.82, 2.24) is 5.32 Å². The van der Waals surface area contributed by atoms with Gasteiger partial charge in [0, 0.05) is 11.6 Å². The number of hydrogen-bond donors (Lipinski definition) is 1. The highest BCUT2D eigenvalue weighted by molar-refractivity contribution is 8.18. The van der Waals surface area contributed by atoms with Gasteiger partial charge in [0.2, 0.25) is 0 Å². The fourth-order valence-corrected chi connectivity index (χ4v) is 4.02. The lowest BCUT2D eigenvalue weighted by atomic mass is 10.1. The van der Waals surface area contributed by atoms with Crippen molar-refractivity contribution in [3.05, 3.63) is 80.9 Å². The lowest BCUT2D eigenvalue weighted by Crippen LogP contribution is -2.19. The summed E-state index contributed by atoms with van der Waals surface area (Å²) in [5, 5.41) is 3.25. The molecule has 0 radical (unpaired) electrons. The second-order valence-electron chi connectivity index (χ2n) is 7.14. The molecule has 9 heteroatoms. The monoisotopic (exact) mass is 476 g/mol. The van der Waals surface area contributed by atoms with Gasteiger partial charge >= 0.3 is 6.18 Å². The molecule has 1 N–H and O–H groups in total. The van der Waals surface area contributed by atoms with Gasteiger partial charge < -0.3 is 9.73 Å². The fourth-order valence-electron chi connectivity index (χ4n) is 2.99. The van der Waals surface area contributed by atoms with Crippen molar-refractivity contribution in [2.75, 3.05) is 0 Å². The minimum Gasteiger partial charge on any atom is -0.457 e. The molecule has 4 rings (SSSR count). The number of aryl methyl sites for hydroxylation is 2. The first-order valence-corrected chi connectivity index (χ1v) is 10.6. The number of aliphatic imine (C=N–C) groups is 1. The van der Waals surface area contributed by atoms with Crippen LogP contribution < -0.4 is 5.32 Å². The number of hydrogen-bond acceptors (Lipinski definition) is 4. The van der Waals surface area contributed by atoms with E-state index >= 15 is 0 Å². The number of rotatable bonds is 3. The Kier molecular flexibility index (Phi) is 5.92. The minimum atomic E-state index is -4.50. The van der Waals surface area contributed by atoms with Gasteiger partial charge in [0.1, 0.15) is 11.5 Å². The van der Waals surface area contributed by atoms with Crippen LogP contribution in [0.2, 0.25) is 5.02 Å². The number of halogens is 4. The van der Waals surface area contributed by atoms with Crippen molar-refractivity contribution in [3.8, 4) is 11.3 Å². The number of nitrogens with one attached hydrogen (secondary N) is 1. The Labute approximate surface area is 191 Å². The van der Waals surface area contributed by atoms with E-state index in [0.717, 1.165) is 40.7 Å². The van der Waals surface area contributed by atoms with Crippen molar-refractivity contribution in [1.29, 1.82) is 0 Å². The average molecular weight is 477 g/mol. The number of amides is 1. The number of furan rings is 1. The molecule has 0 bridgehead atoms. The smallest absolute Gasteiger partial charge is 0.416 e. The zero-order valence-corrected chi connectivity index (χ0v) is 18.5. The summed E-state index contributed by atoms with van der Waals surface area (Å²) in [5.41, 5.74) is 2.25. The molecule has 164 valence electrons. The molecule has 4 nitrogen and oxygen atoms in total. The van der Waals surface area contributed by atoms with Crippen LogP contribution in [0.5, 0.6) is 0 Å². The zero-order chi connectivity index (χ0) is 23.0. The van der Waals surface area contributed by atoms with Crippen molar-refractivity contribution < 1.29 is 22.4 Å². The molecule has 2 heterocycles. The predicted octanol–water partition coefficient (Wildman–Crippen LogP) is 7.13. The topological polar surface area (TPSA) is 54.6 Å². The molecule has 1 aliphatic heterocycles. The highest BCUT2D eigenvalue weighted by atomic mass is 35.5. The molecule has 1 fully saturated rings. The SMILES string of the molecule is Cc1ccc(N=C2NC(=O)/C(=C\c3ccc(-c4cc(C(F)(F)F)ccc4Cl)o3)S2)cc1C. The number of alkyl halides is 3. The highest BCUT2D eigenvalue weighted by Gasteiger charge is 2.31. The van der Waals surface area contributed by atoms with Gasteiger partial charge in [-0.3, -0.25) is 4.79 Å². The van der Waals surface area contributed by atoms with Crippen LogP contribution in [0.1, 0.15) is 22.5 Å². The fraction of sp³-hybridized carbons (Fsp3) is 0.130. The van der Waals surface area contributed by atoms with Crippen molar-refractivity contribution in [2.45, 2.75) is 20.0 Å². The molecule has 1 saturated heterocycles. The molecule has 0 saturated carbocycles. The van der Waals surface area contributed by atoms with Gasteiger partial charge in [-0.2, -0.15) is 13.2 Å². The van der Waals surface area contributed by atoms with Gasteiger partial charge in [0.15, 0.2) is 5.17 Å². The van der Waals surface area contributed by atoms with E-state index < -0.39 is 11.7 Å². The molecule has 0 atom stereocenters. The summed E-state index contributed by atoms with van der Waals surface area (Å²) in [5.74, 6) is 0.131. The Bertz CT molecular complexity index is 1280. The first-order valence-electron chi connectivity index (χ1n) is 9.44. The van der Waals surface area contributed by atoms with Gasteiger partial charge in [0.25, 0.3) is 5.91 Å².